The summed E-state index contributed by atoms with van der Waals surface area (Å²) in [5.74, 6) is 0.219. The summed E-state index contributed by atoms with van der Waals surface area (Å²) < 4.78 is 0. The van der Waals surface area contributed by atoms with Crippen LogP contribution in [0.5, 0.6) is 0 Å². The van der Waals surface area contributed by atoms with Crippen LogP contribution >= 0.6 is 0 Å². The van der Waals surface area contributed by atoms with Gasteiger partial charge in [0.1, 0.15) is 0 Å². The van der Waals surface area contributed by atoms with E-state index in [1.807, 2.05) is 24.3 Å². The summed E-state index contributed by atoms with van der Waals surface area (Å²) in [6.07, 6.45) is 7.54. The molecule has 4 nitrogen and oxygen atoms in total. The molecule has 0 atom stereocenters. The number of carbonyl (C=O) groups is 2. The fourth-order valence-corrected chi connectivity index (χ4v) is 2.50. The van der Waals surface area contributed by atoms with Gasteiger partial charge >= 0.3 is 0 Å². The second-order valence-corrected chi connectivity index (χ2v) is 6.29. The molecule has 24 heavy (non-hydrogen) atoms. The maximum atomic E-state index is 11.7. The van der Waals surface area contributed by atoms with Gasteiger partial charge in [-0.1, -0.05) is 63.8 Å². The molecule has 0 saturated carbocycles. The number of amides is 2. The highest BCUT2D eigenvalue weighted by Gasteiger charge is 2.03. The SMILES string of the molecule is CCCCCC(=O)NCc1cccc(CNC(=O)CCCCC)c1. The molecule has 0 heterocycles. The van der Waals surface area contributed by atoms with Crippen molar-refractivity contribution in [3.8, 4) is 0 Å². The van der Waals surface area contributed by atoms with Gasteiger partial charge in [0.05, 0.1) is 0 Å². The van der Waals surface area contributed by atoms with Crippen LogP contribution in [-0.4, -0.2) is 11.8 Å². The van der Waals surface area contributed by atoms with Crippen molar-refractivity contribution in [2.75, 3.05) is 0 Å². The minimum atomic E-state index is 0.109. The van der Waals surface area contributed by atoms with E-state index in [0.717, 1.165) is 49.7 Å². The van der Waals surface area contributed by atoms with Crippen molar-refractivity contribution in [3.63, 3.8) is 0 Å². The summed E-state index contributed by atoms with van der Waals surface area (Å²) in [6, 6.07) is 8.01. The number of nitrogens with one attached hydrogen (secondary N) is 2. The van der Waals surface area contributed by atoms with Gasteiger partial charge in [-0.2, -0.15) is 0 Å². The maximum absolute atomic E-state index is 11.7. The van der Waals surface area contributed by atoms with Crippen molar-refractivity contribution < 1.29 is 9.59 Å². The Bertz CT molecular complexity index is 459. The van der Waals surface area contributed by atoms with Gasteiger partial charge in [-0.05, 0) is 24.0 Å². The van der Waals surface area contributed by atoms with Crippen molar-refractivity contribution in [2.45, 2.75) is 78.3 Å². The summed E-state index contributed by atoms with van der Waals surface area (Å²) in [4.78, 5) is 23.5. The second kappa shape index (κ2) is 12.6. The topological polar surface area (TPSA) is 58.2 Å². The molecule has 0 spiro atoms. The Morgan fingerprint density at radius 3 is 1.67 bits per heavy atom. The lowest BCUT2D eigenvalue weighted by Crippen LogP contribution is -2.23. The lowest BCUT2D eigenvalue weighted by molar-refractivity contribution is -0.122. The quantitative estimate of drug-likeness (QED) is 0.567. The Hall–Kier alpha value is -1.84. The molecule has 2 N–H and O–H groups in total. The van der Waals surface area contributed by atoms with Gasteiger partial charge in [-0.25, -0.2) is 0 Å². The minimum absolute atomic E-state index is 0.109. The molecule has 4 heteroatoms. The summed E-state index contributed by atoms with van der Waals surface area (Å²) in [5, 5.41) is 5.92. The molecule has 134 valence electrons. The highest BCUT2D eigenvalue weighted by Crippen LogP contribution is 2.06. The molecule has 2 amide bonds. The van der Waals surface area contributed by atoms with Crippen LogP contribution < -0.4 is 10.6 Å². The van der Waals surface area contributed by atoms with E-state index in [0.29, 0.717) is 25.9 Å². The molecule has 0 aliphatic carbocycles. The van der Waals surface area contributed by atoms with Crippen LogP contribution in [0.3, 0.4) is 0 Å². The molecule has 1 aromatic rings. The van der Waals surface area contributed by atoms with Gasteiger partial charge < -0.3 is 10.6 Å². The molecule has 0 fully saturated rings. The largest absolute Gasteiger partial charge is 0.352 e. The average Bonchev–Trinajstić information content (AvgIpc) is 2.59. The number of benzene rings is 1. The molecule has 0 unspecified atom stereocenters. The molecule has 1 aromatic carbocycles. The molecule has 0 radical (unpaired) electrons. The average molecular weight is 332 g/mol. The number of hydrogen-bond acceptors (Lipinski definition) is 2. The second-order valence-electron chi connectivity index (χ2n) is 6.29. The van der Waals surface area contributed by atoms with Gasteiger partial charge in [-0.15, -0.1) is 0 Å². The van der Waals surface area contributed by atoms with E-state index in [-0.39, 0.29) is 11.8 Å². The number of carbonyl (C=O) groups excluding carboxylic acids is 2. The number of unbranched alkanes of at least 4 members (excludes halogenated alkanes) is 4. The third kappa shape index (κ3) is 9.33. The molecule has 0 aromatic heterocycles. The molecule has 1 rings (SSSR count). The standard InChI is InChI=1S/C20H32N2O2/c1-3-5-7-12-19(23)21-15-17-10-9-11-18(14-17)16-22-20(24)13-8-6-4-2/h9-11,14H,3-8,12-13,15-16H2,1-2H3,(H,21,23)(H,22,24). The van der Waals surface area contributed by atoms with E-state index in [4.69, 9.17) is 0 Å². The van der Waals surface area contributed by atoms with Crippen LogP contribution in [0.1, 0.15) is 76.3 Å². The summed E-state index contributed by atoms with van der Waals surface area (Å²) in [5.41, 5.74) is 2.13. The molecular weight excluding hydrogens is 300 g/mol. The molecule has 0 aliphatic rings. The van der Waals surface area contributed by atoms with Crippen molar-refractivity contribution >= 4 is 11.8 Å². The lowest BCUT2D eigenvalue weighted by atomic mass is 10.1. The van der Waals surface area contributed by atoms with Gasteiger partial charge in [0.25, 0.3) is 0 Å². The van der Waals surface area contributed by atoms with Crippen LogP contribution in [0, 0.1) is 0 Å². The van der Waals surface area contributed by atoms with Crippen molar-refractivity contribution in [1.29, 1.82) is 0 Å². The van der Waals surface area contributed by atoms with E-state index in [2.05, 4.69) is 24.5 Å². The zero-order valence-electron chi connectivity index (χ0n) is 15.2. The fourth-order valence-electron chi connectivity index (χ4n) is 2.50. The lowest BCUT2D eigenvalue weighted by Gasteiger charge is -2.09. The Kier molecular flexibility index (Phi) is 10.6. The van der Waals surface area contributed by atoms with Gasteiger partial charge in [0, 0.05) is 25.9 Å². The molecule has 0 saturated heterocycles. The zero-order chi connectivity index (χ0) is 17.6. The monoisotopic (exact) mass is 332 g/mol. The van der Waals surface area contributed by atoms with Crippen LogP contribution in [0.25, 0.3) is 0 Å². The number of hydrogen-bond donors (Lipinski definition) is 2. The summed E-state index contributed by atoms with van der Waals surface area (Å²) in [6.45, 7) is 5.35. The third-order valence-corrected chi connectivity index (χ3v) is 3.99. The van der Waals surface area contributed by atoms with Crippen LogP contribution in [0.15, 0.2) is 24.3 Å². The maximum Gasteiger partial charge on any atom is 0.220 e. The van der Waals surface area contributed by atoms with E-state index in [1.165, 1.54) is 0 Å². The first-order valence-corrected chi connectivity index (χ1v) is 9.27. The van der Waals surface area contributed by atoms with E-state index < -0.39 is 0 Å². The third-order valence-electron chi connectivity index (χ3n) is 3.99. The Labute approximate surface area is 146 Å². The summed E-state index contributed by atoms with van der Waals surface area (Å²) in [7, 11) is 0. The Balaban J connectivity index is 2.32. The Morgan fingerprint density at radius 2 is 1.25 bits per heavy atom. The zero-order valence-corrected chi connectivity index (χ0v) is 15.2. The van der Waals surface area contributed by atoms with Crippen molar-refractivity contribution in [1.82, 2.24) is 10.6 Å². The van der Waals surface area contributed by atoms with E-state index in [1.54, 1.807) is 0 Å². The number of rotatable bonds is 12. The van der Waals surface area contributed by atoms with E-state index >= 15 is 0 Å². The van der Waals surface area contributed by atoms with Gasteiger partial charge in [0.2, 0.25) is 11.8 Å². The normalized spacial score (nSPS) is 10.4. The Morgan fingerprint density at radius 1 is 0.792 bits per heavy atom. The predicted octanol–water partition coefficient (Wildman–Crippen LogP) is 4.08. The van der Waals surface area contributed by atoms with Crippen LogP contribution in [0.4, 0.5) is 0 Å². The van der Waals surface area contributed by atoms with Gasteiger partial charge in [0.15, 0.2) is 0 Å². The minimum Gasteiger partial charge on any atom is -0.352 e. The first-order valence-electron chi connectivity index (χ1n) is 9.27. The predicted molar refractivity (Wildman–Crippen MR) is 98.4 cm³/mol. The molecule has 0 bridgehead atoms. The van der Waals surface area contributed by atoms with Crippen LogP contribution in [-0.2, 0) is 22.7 Å². The molecular formula is C20H32N2O2. The summed E-state index contributed by atoms with van der Waals surface area (Å²) >= 11 is 0. The highest BCUT2D eigenvalue weighted by atomic mass is 16.2. The van der Waals surface area contributed by atoms with Gasteiger partial charge in [-0.3, -0.25) is 9.59 Å². The van der Waals surface area contributed by atoms with Crippen molar-refractivity contribution in [2.24, 2.45) is 0 Å². The fraction of sp³-hybridized carbons (Fsp3) is 0.600. The first-order chi connectivity index (χ1) is 11.7. The van der Waals surface area contributed by atoms with Crippen molar-refractivity contribution in [3.05, 3.63) is 35.4 Å². The van der Waals surface area contributed by atoms with Crippen LogP contribution in [0.2, 0.25) is 0 Å². The molecule has 0 aliphatic heterocycles. The first kappa shape index (κ1) is 20.2. The van der Waals surface area contributed by atoms with E-state index in [9.17, 15) is 9.59 Å². The highest BCUT2D eigenvalue weighted by molar-refractivity contribution is 5.76. The smallest absolute Gasteiger partial charge is 0.220 e.